The first-order valence-corrected chi connectivity index (χ1v) is 7.22. The molecule has 1 aromatic carbocycles. The van der Waals surface area contributed by atoms with E-state index in [1.807, 2.05) is 6.92 Å². The van der Waals surface area contributed by atoms with Crippen LogP contribution in [0.2, 0.25) is 0 Å². The maximum absolute atomic E-state index is 12.5. The minimum Gasteiger partial charge on any atom is -0.166 e. The van der Waals surface area contributed by atoms with Gasteiger partial charge in [0.25, 0.3) is 0 Å². The summed E-state index contributed by atoms with van der Waals surface area (Å²) in [6, 6.07) is 5.22. The molecule has 0 unspecified atom stereocenters. The van der Waals surface area contributed by atoms with Gasteiger partial charge in [0.05, 0.1) is 5.56 Å². The van der Waals surface area contributed by atoms with E-state index in [1.54, 1.807) is 0 Å². The predicted molar refractivity (Wildman–Crippen MR) is 73.9 cm³/mol. The zero-order valence-electron chi connectivity index (χ0n) is 10.7. The van der Waals surface area contributed by atoms with E-state index in [1.165, 1.54) is 12.1 Å². The lowest BCUT2D eigenvalue weighted by atomic mass is 9.81. The Morgan fingerprint density at radius 3 is 1.89 bits per heavy atom. The number of hydrogen-bond acceptors (Lipinski definition) is 0. The Morgan fingerprint density at radius 2 is 1.53 bits per heavy atom. The van der Waals surface area contributed by atoms with Gasteiger partial charge in [-0.05, 0) is 30.5 Å². The van der Waals surface area contributed by atoms with E-state index in [2.05, 4.69) is 0 Å². The van der Waals surface area contributed by atoms with Gasteiger partial charge in [0, 0.05) is 17.2 Å². The van der Waals surface area contributed by atoms with E-state index in [9.17, 15) is 13.2 Å². The second kappa shape index (κ2) is 6.85. The fourth-order valence-corrected chi connectivity index (χ4v) is 2.87. The lowest BCUT2D eigenvalue weighted by Gasteiger charge is -2.29. The van der Waals surface area contributed by atoms with Crippen LogP contribution in [0.4, 0.5) is 13.2 Å². The molecule has 1 aromatic rings. The largest absolute Gasteiger partial charge is 0.416 e. The van der Waals surface area contributed by atoms with Crippen molar-refractivity contribution in [3.63, 3.8) is 0 Å². The van der Waals surface area contributed by atoms with Crippen molar-refractivity contribution >= 4 is 23.2 Å². The van der Waals surface area contributed by atoms with Crippen molar-refractivity contribution < 1.29 is 13.2 Å². The summed E-state index contributed by atoms with van der Waals surface area (Å²) in [7, 11) is 0. The van der Waals surface area contributed by atoms with E-state index >= 15 is 0 Å². The first-order chi connectivity index (χ1) is 8.87. The molecule has 0 saturated carbocycles. The Balaban J connectivity index is 2.86. The van der Waals surface area contributed by atoms with Gasteiger partial charge in [-0.3, -0.25) is 0 Å². The monoisotopic (exact) mass is 312 g/mol. The molecule has 0 heterocycles. The first kappa shape index (κ1) is 16.6. The molecule has 0 nitrogen and oxygen atoms in total. The molecular formula is C14H17Cl2F3. The maximum Gasteiger partial charge on any atom is 0.416 e. The van der Waals surface area contributed by atoms with Gasteiger partial charge in [-0.15, -0.1) is 23.2 Å². The van der Waals surface area contributed by atoms with E-state index in [-0.39, 0.29) is 5.41 Å². The van der Waals surface area contributed by atoms with Gasteiger partial charge in [0.15, 0.2) is 0 Å². The number of rotatable bonds is 6. The van der Waals surface area contributed by atoms with Crippen molar-refractivity contribution in [2.45, 2.75) is 32.4 Å². The summed E-state index contributed by atoms with van der Waals surface area (Å²) < 4.78 is 37.4. The summed E-state index contributed by atoms with van der Waals surface area (Å²) in [6.07, 6.45) is -1.88. The molecule has 1 rings (SSSR count). The molecule has 0 fully saturated rings. The third-order valence-electron chi connectivity index (χ3n) is 3.21. The molecule has 0 saturated heterocycles. The zero-order valence-corrected chi connectivity index (χ0v) is 12.2. The Bertz CT molecular complexity index is 381. The molecule has 0 radical (unpaired) electrons. The molecule has 5 heteroatoms. The summed E-state index contributed by atoms with van der Waals surface area (Å²) in [5, 5.41) is 0. The highest BCUT2D eigenvalue weighted by Crippen LogP contribution is 2.33. The Labute approximate surface area is 121 Å². The number of hydrogen-bond donors (Lipinski definition) is 0. The van der Waals surface area contributed by atoms with Gasteiger partial charge in [-0.25, -0.2) is 0 Å². The Morgan fingerprint density at radius 1 is 1.00 bits per heavy atom. The van der Waals surface area contributed by atoms with Gasteiger partial charge in [-0.2, -0.15) is 13.2 Å². The molecule has 0 aromatic heterocycles. The summed E-state index contributed by atoms with van der Waals surface area (Å²) in [6.45, 7) is 2.04. The van der Waals surface area contributed by atoms with Gasteiger partial charge in [-0.1, -0.05) is 25.5 Å². The average Bonchev–Trinajstić information content (AvgIpc) is 2.37. The highest BCUT2D eigenvalue weighted by atomic mass is 35.5. The van der Waals surface area contributed by atoms with Crippen LogP contribution in [0.1, 0.15) is 30.9 Å². The van der Waals surface area contributed by atoms with Gasteiger partial charge in [0.1, 0.15) is 0 Å². The Hall–Kier alpha value is -0.410. The lowest BCUT2D eigenvalue weighted by Crippen LogP contribution is -2.28. The van der Waals surface area contributed by atoms with Crippen molar-refractivity contribution in [1.82, 2.24) is 0 Å². The van der Waals surface area contributed by atoms with Crippen LogP contribution >= 0.6 is 23.2 Å². The number of halogens is 5. The van der Waals surface area contributed by atoms with E-state index in [0.29, 0.717) is 18.2 Å². The number of alkyl halides is 5. The van der Waals surface area contributed by atoms with Crippen LogP contribution in [0.5, 0.6) is 0 Å². The molecule has 108 valence electrons. The molecule has 0 N–H and O–H groups in total. The summed E-state index contributed by atoms with van der Waals surface area (Å²) >= 11 is 12.0. The second-order valence-corrected chi connectivity index (χ2v) is 5.42. The van der Waals surface area contributed by atoms with Crippen molar-refractivity contribution in [3.8, 4) is 0 Å². The molecule has 0 atom stereocenters. The molecule has 19 heavy (non-hydrogen) atoms. The fourth-order valence-electron chi connectivity index (χ4n) is 2.13. The van der Waals surface area contributed by atoms with Crippen LogP contribution in [0.3, 0.4) is 0 Å². The molecule has 0 amide bonds. The van der Waals surface area contributed by atoms with E-state index in [0.717, 1.165) is 30.5 Å². The van der Waals surface area contributed by atoms with Crippen LogP contribution in [0.15, 0.2) is 24.3 Å². The average molecular weight is 313 g/mol. The molecule has 0 aliphatic carbocycles. The summed E-state index contributed by atoms with van der Waals surface area (Å²) in [5.41, 5.74) is -0.0331. The van der Waals surface area contributed by atoms with Crippen molar-refractivity contribution in [2.24, 2.45) is 5.41 Å². The third kappa shape index (κ3) is 4.57. The van der Waals surface area contributed by atoms with Crippen LogP contribution in [0, 0.1) is 5.41 Å². The number of benzene rings is 1. The smallest absolute Gasteiger partial charge is 0.166 e. The first-order valence-electron chi connectivity index (χ1n) is 6.15. The van der Waals surface area contributed by atoms with Crippen LogP contribution in [-0.4, -0.2) is 11.8 Å². The van der Waals surface area contributed by atoms with Gasteiger partial charge < -0.3 is 0 Å². The van der Waals surface area contributed by atoms with Crippen molar-refractivity contribution in [3.05, 3.63) is 35.4 Å². The molecule has 0 aliphatic heterocycles. The second-order valence-electron chi connectivity index (χ2n) is 4.89. The minimum atomic E-state index is -4.29. The predicted octanol–water partition coefficient (Wildman–Crippen LogP) is 5.51. The molecule has 0 bridgehead atoms. The normalized spacial score (nSPS) is 12.7. The van der Waals surface area contributed by atoms with Crippen LogP contribution in [0.25, 0.3) is 0 Å². The minimum absolute atomic E-state index is 0.238. The zero-order chi connectivity index (χ0) is 14.5. The quantitative estimate of drug-likeness (QED) is 0.607. The van der Waals surface area contributed by atoms with Crippen molar-refractivity contribution in [1.29, 1.82) is 0 Å². The SMILES string of the molecule is CCCC(CCl)(CCl)Cc1ccc(C(F)(F)F)cc1. The highest BCUT2D eigenvalue weighted by molar-refractivity contribution is 6.21. The molecule has 0 spiro atoms. The van der Waals surface area contributed by atoms with Gasteiger partial charge in [0.2, 0.25) is 0 Å². The third-order valence-corrected chi connectivity index (χ3v) is 4.34. The van der Waals surface area contributed by atoms with E-state index in [4.69, 9.17) is 23.2 Å². The van der Waals surface area contributed by atoms with Crippen molar-refractivity contribution in [2.75, 3.05) is 11.8 Å². The van der Waals surface area contributed by atoms with E-state index < -0.39 is 11.7 Å². The maximum atomic E-state index is 12.5. The summed E-state index contributed by atoms with van der Waals surface area (Å²) in [5.74, 6) is 0.816. The fraction of sp³-hybridized carbons (Fsp3) is 0.571. The highest BCUT2D eigenvalue weighted by Gasteiger charge is 2.31. The Kier molecular flexibility index (Phi) is 6.00. The van der Waals surface area contributed by atoms with Gasteiger partial charge >= 0.3 is 6.18 Å². The van der Waals surface area contributed by atoms with Crippen LogP contribution in [-0.2, 0) is 12.6 Å². The lowest BCUT2D eigenvalue weighted by molar-refractivity contribution is -0.137. The standard InChI is InChI=1S/C14H17Cl2F3/c1-2-7-13(9-15,10-16)8-11-3-5-12(6-4-11)14(17,18)19/h3-6H,2,7-10H2,1H3. The molecular weight excluding hydrogens is 296 g/mol. The topological polar surface area (TPSA) is 0 Å². The summed E-state index contributed by atoms with van der Waals surface area (Å²) in [4.78, 5) is 0. The van der Waals surface area contributed by atoms with Crippen LogP contribution < -0.4 is 0 Å². The molecule has 0 aliphatic rings.